The summed E-state index contributed by atoms with van der Waals surface area (Å²) in [7, 11) is 0. The molecule has 3 fully saturated rings. The molecule has 3 unspecified atom stereocenters. The lowest BCUT2D eigenvalue weighted by atomic mass is 10.1. The van der Waals surface area contributed by atoms with Gasteiger partial charge in [0.15, 0.2) is 0 Å². The number of amides is 1. The van der Waals surface area contributed by atoms with Crippen LogP contribution in [0, 0.1) is 11.8 Å². The minimum atomic E-state index is 0. The zero-order chi connectivity index (χ0) is 13.9. The van der Waals surface area contributed by atoms with E-state index in [0.29, 0.717) is 11.8 Å². The molecule has 1 aliphatic carbocycles. The zero-order valence-corrected chi connectivity index (χ0v) is 14.7. The molecule has 2 N–H and O–H groups in total. The predicted molar refractivity (Wildman–Crippen MR) is 91.8 cm³/mol. The van der Waals surface area contributed by atoms with Gasteiger partial charge in [-0.3, -0.25) is 9.69 Å². The molecule has 0 spiro atoms. The maximum atomic E-state index is 12.4. The molecule has 0 aromatic heterocycles. The van der Waals surface area contributed by atoms with Gasteiger partial charge in [-0.25, -0.2) is 0 Å². The van der Waals surface area contributed by atoms with Gasteiger partial charge in [0.2, 0.25) is 5.91 Å². The highest BCUT2D eigenvalue weighted by atomic mass is 35.5. The van der Waals surface area contributed by atoms with Gasteiger partial charge in [0.25, 0.3) is 0 Å². The molecule has 130 valence electrons. The first-order valence-electron chi connectivity index (χ1n) is 8.07. The molecule has 3 rings (SSSR count). The molecule has 0 aromatic carbocycles. The molecular formula is C15H29Cl2N3O2. The molecule has 5 nitrogen and oxygen atoms in total. The molecule has 3 aliphatic rings. The van der Waals surface area contributed by atoms with Crippen LogP contribution < -0.4 is 5.73 Å². The fourth-order valence-electron chi connectivity index (χ4n) is 3.74. The number of rotatable bonds is 3. The topological polar surface area (TPSA) is 58.8 Å². The Bertz CT molecular complexity index is 346. The van der Waals surface area contributed by atoms with E-state index in [9.17, 15) is 4.79 Å². The molecule has 1 amide bonds. The molecule has 7 heteroatoms. The van der Waals surface area contributed by atoms with Crippen molar-refractivity contribution in [1.82, 2.24) is 9.80 Å². The van der Waals surface area contributed by atoms with E-state index >= 15 is 0 Å². The van der Waals surface area contributed by atoms with Crippen LogP contribution in [0.1, 0.15) is 25.7 Å². The fourth-order valence-corrected chi connectivity index (χ4v) is 3.74. The number of nitrogens with two attached hydrogens (primary N) is 1. The molecule has 2 saturated heterocycles. The Labute approximate surface area is 145 Å². The summed E-state index contributed by atoms with van der Waals surface area (Å²) in [6.45, 7) is 6.78. The van der Waals surface area contributed by atoms with Crippen LogP contribution in [0.4, 0.5) is 0 Å². The smallest absolute Gasteiger partial charge is 0.225 e. The first-order chi connectivity index (χ1) is 9.72. The standard InChI is InChI=1S/C15H27N3O2.2ClH/c16-14-2-1-13(9-14)15(19)18-6-4-17(5-7-18)10-12-3-8-20-11-12;;/h12-14H,1-11,16H2;2*1H. The number of hydrogen-bond donors (Lipinski definition) is 1. The van der Waals surface area contributed by atoms with Gasteiger partial charge in [-0.2, -0.15) is 0 Å². The van der Waals surface area contributed by atoms with Crippen LogP contribution in [0.3, 0.4) is 0 Å². The van der Waals surface area contributed by atoms with Gasteiger partial charge < -0.3 is 15.4 Å². The Hall–Kier alpha value is -0.0700. The Morgan fingerprint density at radius 1 is 1.09 bits per heavy atom. The van der Waals surface area contributed by atoms with Crippen molar-refractivity contribution < 1.29 is 9.53 Å². The van der Waals surface area contributed by atoms with E-state index in [1.807, 2.05) is 0 Å². The van der Waals surface area contributed by atoms with Crippen LogP contribution in [-0.4, -0.2) is 67.7 Å². The molecule has 0 aromatic rings. The number of piperazine rings is 1. The molecule has 0 radical (unpaired) electrons. The van der Waals surface area contributed by atoms with Crippen LogP contribution in [0.2, 0.25) is 0 Å². The zero-order valence-electron chi connectivity index (χ0n) is 13.1. The lowest BCUT2D eigenvalue weighted by Crippen LogP contribution is -2.51. The van der Waals surface area contributed by atoms with Crippen molar-refractivity contribution in [2.75, 3.05) is 45.9 Å². The molecule has 2 heterocycles. The van der Waals surface area contributed by atoms with Gasteiger partial charge in [-0.1, -0.05) is 0 Å². The summed E-state index contributed by atoms with van der Waals surface area (Å²) in [5, 5.41) is 0. The molecule has 1 saturated carbocycles. The van der Waals surface area contributed by atoms with Gasteiger partial charge in [-0.05, 0) is 31.6 Å². The average Bonchev–Trinajstić information content (AvgIpc) is 3.10. The second kappa shape index (κ2) is 9.28. The van der Waals surface area contributed by atoms with E-state index in [1.165, 1.54) is 6.42 Å². The van der Waals surface area contributed by atoms with E-state index in [2.05, 4.69) is 9.80 Å². The largest absolute Gasteiger partial charge is 0.381 e. The molecular weight excluding hydrogens is 325 g/mol. The van der Waals surface area contributed by atoms with Crippen molar-refractivity contribution in [3.05, 3.63) is 0 Å². The normalized spacial score (nSPS) is 32.4. The Morgan fingerprint density at radius 2 is 1.82 bits per heavy atom. The monoisotopic (exact) mass is 353 g/mol. The highest BCUT2D eigenvalue weighted by Crippen LogP contribution is 2.26. The van der Waals surface area contributed by atoms with E-state index < -0.39 is 0 Å². The Balaban J connectivity index is 0.00000121. The van der Waals surface area contributed by atoms with Crippen molar-refractivity contribution >= 4 is 30.7 Å². The molecule has 2 aliphatic heterocycles. The predicted octanol–water partition coefficient (Wildman–Crippen LogP) is 1.14. The van der Waals surface area contributed by atoms with Crippen molar-refractivity contribution in [2.45, 2.75) is 31.7 Å². The first kappa shape index (κ1) is 20.0. The van der Waals surface area contributed by atoms with Crippen LogP contribution in [-0.2, 0) is 9.53 Å². The summed E-state index contributed by atoms with van der Waals surface area (Å²) in [6, 6.07) is 0.243. The van der Waals surface area contributed by atoms with Gasteiger partial charge in [-0.15, -0.1) is 24.8 Å². The highest BCUT2D eigenvalue weighted by Gasteiger charge is 2.32. The van der Waals surface area contributed by atoms with Gasteiger partial charge in [0.05, 0.1) is 6.61 Å². The average molecular weight is 354 g/mol. The lowest BCUT2D eigenvalue weighted by Gasteiger charge is -2.36. The second-order valence-electron chi connectivity index (χ2n) is 6.63. The van der Waals surface area contributed by atoms with Gasteiger partial charge in [0, 0.05) is 51.3 Å². The SMILES string of the molecule is Cl.Cl.NC1CCC(C(=O)N2CCN(CC3CCOC3)CC2)C1. The number of nitrogens with zero attached hydrogens (tertiary/aromatic N) is 2. The number of hydrogen-bond acceptors (Lipinski definition) is 4. The van der Waals surface area contributed by atoms with E-state index in [1.54, 1.807) is 0 Å². The van der Waals surface area contributed by atoms with E-state index in [-0.39, 0.29) is 36.8 Å². The maximum Gasteiger partial charge on any atom is 0.225 e. The summed E-state index contributed by atoms with van der Waals surface area (Å²) in [4.78, 5) is 17.0. The summed E-state index contributed by atoms with van der Waals surface area (Å²) in [5.41, 5.74) is 5.92. The van der Waals surface area contributed by atoms with Crippen molar-refractivity contribution in [2.24, 2.45) is 17.6 Å². The summed E-state index contributed by atoms with van der Waals surface area (Å²) < 4.78 is 5.43. The minimum Gasteiger partial charge on any atom is -0.381 e. The third-order valence-electron chi connectivity index (χ3n) is 5.05. The van der Waals surface area contributed by atoms with Crippen LogP contribution >= 0.6 is 24.8 Å². The van der Waals surface area contributed by atoms with Crippen LogP contribution in [0.15, 0.2) is 0 Å². The van der Waals surface area contributed by atoms with Crippen LogP contribution in [0.5, 0.6) is 0 Å². The van der Waals surface area contributed by atoms with Crippen molar-refractivity contribution in [3.63, 3.8) is 0 Å². The number of carbonyl (C=O) groups excluding carboxylic acids is 1. The maximum absolute atomic E-state index is 12.4. The van der Waals surface area contributed by atoms with E-state index in [4.69, 9.17) is 10.5 Å². The van der Waals surface area contributed by atoms with Crippen molar-refractivity contribution in [3.8, 4) is 0 Å². The lowest BCUT2D eigenvalue weighted by molar-refractivity contribution is -0.137. The third kappa shape index (κ3) is 4.96. The quantitative estimate of drug-likeness (QED) is 0.826. The summed E-state index contributed by atoms with van der Waals surface area (Å²) >= 11 is 0. The first-order valence-corrected chi connectivity index (χ1v) is 8.07. The Kier molecular flexibility index (Phi) is 8.43. The second-order valence-corrected chi connectivity index (χ2v) is 6.63. The van der Waals surface area contributed by atoms with E-state index in [0.717, 1.165) is 65.2 Å². The van der Waals surface area contributed by atoms with Crippen LogP contribution in [0.25, 0.3) is 0 Å². The minimum absolute atomic E-state index is 0. The third-order valence-corrected chi connectivity index (χ3v) is 5.05. The number of ether oxygens (including phenoxy) is 1. The van der Waals surface area contributed by atoms with Gasteiger partial charge >= 0.3 is 0 Å². The fraction of sp³-hybridized carbons (Fsp3) is 0.933. The summed E-state index contributed by atoms with van der Waals surface area (Å²) in [5.74, 6) is 1.24. The number of halogens is 2. The van der Waals surface area contributed by atoms with Gasteiger partial charge in [0.1, 0.15) is 0 Å². The molecule has 0 bridgehead atoms. The Morgan fingerprint density at radius 3 is 2.36 bits per heavy atom. The summed E-state index contributed by atoms with van der Waals surface area (Å²) in [6.07, 6.45) is 4.08. The van der Waals surface area contributed by atoms with Crippen molar-refractivity contribution in [1.29, 1.82) is 0 Å². The molecule has 22 heavy (non-hydrogen) atoms. The number of carbonyl (C=O) groups is 1. The molecule has 3 atom stereocenters. The highest BCUT2D eigenvalue weighted by molar-refractivity contribution is 5.85.